The number of hydrogen-bond acceptors (Lipinski definition) is 4. The predicted octanol–water partition coefficient (Wildman–Crippen LogP) is -1.02. The Labute approximate surface area is 64.1 Å². The minimum Gasteiger partial charge on any atom is -0.350 e. The molecule has 2 amide bonds. The quantitative estimate of drug-likeness (QED) is 0.367. The van der Waals surface area contributed by atoms with Crippen LogP contribution in [0.25, 0.3) is 0 Å². The van der Waals surface area contributed by atoms with Gasteiger partial charge in [0.05, 0.1) is 6.61 Å². The van der Waals surface area contributed by atoms with Gasteiger partial charge < -0.3 is 15.9 Å². The molecule has 0 aromatic heterocycles. The summed E-state index contributed by atoms with van der Waals surface area (Å²) in [5.41, 5.74) is 4.75. The number of carbonyl (C=O) groups is 1. The van der Waals surface area contributed by atoms with Gasteiger partial charge in [0.2, 0.25) is 0 Å². The van der Waals surface area contributed by atoms with Crippen molar-refractivity contribution in [3.8, 4) is 0 Å². The summed E-state index contributed by atoms with van der Waals surface area (Å²) in [7, 11) is 0. The Kier molecular flexibility index (Phi) is 3.24. The van der Waals surface area contributed by atoms with E-state index in [1.54, 1.807) is 6.92 Å². The summed E-state index contributed by atoms with van der Waals surface area (Å²) in [6, 6.07) is -1.06. The van der Waals surface area contributed by atoms with E-state index < -0.39 is 11.9 Å². The van der Waals surface area contributed by atoms with Gasteiger partial charge in [0, 0.05) is 6.92 Å². The number of rotatable bonds is 3. The number of aliphatic hydroxyl groups is 2. The van der Waals surface area contributed by atoms with Crippen LogP contribution in [0.1, 0.15) is 13.8 Å². The molecule has 0 atom stereocenters. The summed E-state index contributed by atoms with van der Waals surface area (Å²) in [5.74, 6) is -2.37. The SMILES string of the molecule is CCON(C(N)=O)C(C)(O)O. The third-order valence-corrected chi connectivity index (χ3v) is 0.843. The number of nitrogens with two attached hydrogens (primary N) is 1. The first-order valence-electron chi connectivity index (χ1n) is 3.07. The first-order chi connectivity index (χ1) is 4.89. The molecule has 0 unspecified atom stereocenters. The van der Waals surface area contributed by atoms with Gasteiger partial charge in [-0.3, -0.25) is 4.84 Å². The molecule has 4 N–H and O–H groups in total. The lowest BCUT2D eigenvalue weighted by Gasteiger charge is -2.28. The normalized spacial score (nSPS) is 11.3. The highest BCUT2D eigenvalue weighted by Crippen LogP contribution is 2.06. The standard InChI is InChI=1S/C5H12N2O4/c1-3-11-7(4(6)8)5(2,9)10/h9-10H,3H2,1-2H3,(H2,6,8). The Hall–Kier alpha value is -0.850. The summed E-state index contributed by atoms with van der Waals surface area (Å²) in [5, 5.41) is 18.0. The second kappa shape index (κ2) is 3.51. The zero-order valence-corrected chi connectivity index (χ0v) is 6.44. The molecule has 0 aromatic carbocycles. The van der Waals surface area contributed by atoms with Crippen LogP contribution in [-0.2, 0) is 4.84 Å². The average Bonchev–Trinajstić information content (AvgIpc) is 1.79. The third-order valence-electron chi connectivity index (χ3n) is 0.843. The topological polar surface area (TPSA) is 96.0 Å². The van der Waals surface area contributed by atoms with E-state index in [-0.39, 0.29) is 11.7 Å². The summed E-state index contributed by atoms with van der Waals surface area (Å²) >= 11 is 0. The van der Waals surface area contributed by atoms with Gasteiger partial charge in [0.1, 0.15) is 0 Å². The molecular formula is C5H12N2O4. The Morgan fingerprint density at radius 1 is 1.73 bits per heavy atom. The highest BCUT2D eigenvalue weighted by atomic mass is 16.7. The number of hydroxylamine groups is 2. The van der Waals surface area contributed by atoms with Crippen LogP contribution in [0.4, 0.5) is 4.79 Å². The molecule has 0 aromatic rings. The zero-order chi connectivity index (χ0) is 9.07. The van der Waals surface area contributed by atoms with Gasteiger partial charge in [0.25, 0.3) is 5.91 Å². The zero-order valence-electron chi connectivity index (χ0n) is 6.44. The maximum Gasteiger partial charge on any atom is 0.343 e. The molecule has 6 nitrogen and oxygen atoms in total. The molecule has 0 aliphatic rings. The highest BCUT2D eigenvalue weighted by Gasteiger charge is 2.30. The molecule has 0 bridgehead atoms. The van der Waals surface area contributed by atoms with E-state index in [9.17, 15) is 4.79 Å². The van der Waals surface area contributed by atoms with Crippen LogP contribution < -0.4 is 5.73 Å². The van der Waals surface area contributed by atoms with E-state index in [1.165, 1.54) is 0 Å². The minimum atomic E-state index is -2.37. The lowest BCUT2D eigenvalue weighted by molar-refractivity contribution is -0.338. The molecule has 0 fully saturated rings. The molecule has 11 heavy (non-hydrogen) atoms. The van der Waals surface area contributed by atoms with Crippen LogP contribution in [0.5, 0.6) is 0 Å². The molecule has 0 heterocycles. The second-order valence-corrected chi connectivity index (χ2v) is 2.02. The molecule has 0 saturated heterocycles. The Balaban J connectivity index is 4.22. The van der Waals surface area contributed by atoms with Crippen LogP contribution in [0.15, 0.2) is 0 Å². The fraction of sp³-hybridized carbons (Fsp3) is 0.800. The van der Waals surface area contributed by atoms with Crippen molar-refractivity contribution in [1.29, 1.82) is 0 Å². The van der Waals surface area contributed by atoms with Crippen molar-refractivity contribution >= 4 is 6.03 Å². The van der Waals surface area contributed by atoms with Crippen LogP contribution >= 0.6 is 0 Å². The van der Waals surface area contributed by atoms with Crippen molar-refractivity contribution in [3.63, 3.8) is 0 Å². The molecule has 66 valence electrons. The molecule has 0 radical (unpaired) electrons. The smallest absolute Gasteiger partial charge is 0.343 e. The fourth-order valence-electron chi connectivity index (χ4n) is 0.524. The highest BCUT2D eigenvalue weighted by molar-refractivity contribution is 5.71. The maximum atomic E-state index is 10.4. The fourth-order valence-corrected chi connectivity index (χ4v) is 0.524. The first-order valence-corrected chi connectivity index (χ1v) is 3.07. The Morgan fingerprint density at radius 2 is 2.18 bits per heavy atom. The van der Waals surface area contributed by atoms with Crippen LogP contribution in [0.3, 0.4) is 0 Å². The van der Waals surface area contributed by atoms with Crippen LogP contribution in [0.2, 0.25) is 0 Å². The van der Waals surface area contributed by atoms with E-state index >= 15 is 0 Å². The molecule has 0 saturated carbocycles. The molecule has 0 spiro atoms. The number of nitrogens with zero attached hydrogens (tertiary/aromatic N) is 1. The Bertz CT molecular complexity index is 142. The minimum absolute atomic E-state index is 0.125. The van der Waals surface area contributed by atoms with E-state index in [2.05, 4.69) is 4.84 Å². The lowest BCUT2D eigenvalue weighted by atomic mass is 10.5. The monoisotopic (exact) mass is 164 g/mol. The van der Waals surface area contributed by atoms with Gasteiger partial charge in [-0.1, -0.05) is 0 Å². The number of amides is 2. The number of primary amides is 1. The predicted molar refractivity (Wildman–Crippen MR) is 35.9 cm³/mol. The van der Waals surface area contributed by atoms with E-state index in [4.69, 9.17) is 15.9 Å². The van der Waals surface area contributed by atoms with E-state index in [0.717, 1.165) is 6.92 Å². The first kappa shape index (κ1) is 10.2. The maximum absolute atomic E-state index is 10.4. The van der Waals surface area contributed by atoms with Gasteiger partial charge >= 0.3 is 6.03 Å². The van der Waals surface area contributed by atoms with Gasteiger partial charge in [-0.15, -0.1) is 5.06 Å². The molecule has 0 aliphatic heterocycles. The van der Waals surface area contributed by atoms with E-state index in [1.807, 2.05) is 0 Å². The summed E-state index contributed by atoms with van der Waals surface area (Å²) in [6.45, 7) is 2.68. The molecule has 0 aliphatic carbocycles. The summed E-state index contributed by atoms with van der Waals surface area (Å²) in [6.07, 6.45) is 0. The summed E-state index contributed by atoms with van der Waals surface area (Å²) < 4.78 is 0. The average molecular weight is 164 g/mol. The lowest BCUT2D eigenvalue weighted by Crippen LogP contribution is -2.51. The van der Waals surface area contributed by atoms with Gasteiger partial charge in [-0.25, -0.2) is 4.79 Å². The van der Waals surface area contributed by atoms with Crippen molar-refractivity contribution in [2.45, 2.75) is 19.8 Å². The van der Waals surface area contributed by atoms with Crippen molar-refractivity contribution in [3.05, 3.63) is 0 Å². The van der Waals surface area contributed by atoms with Gasteiger partial charge in [0.15, 0.2) is 0 Å². The largest absolute Gasteiger partial charge is 0.350 e. The number of carbonyl (C=O) groups excluding carboxylic acids is 1. The number of urea groups is 1. The number of hydrogen-bond donors (Lipinski definition) is 3. The van der Waals surface area contributed by atoms with Crippen molar-refractivity contribution in [2.24, 2.45) is 5.73 Å². The van der Waals surface area contributed by atoms with Gasteiger partial charge in [-0.05, 0) is 6.92 Å². The van der Waals surface area contributed by atoms with Crippen molar-refractivity contribution in [1.82, 2.24) is 5.06 Å². The van der Waals surface area contributed by atoms with Crippen LogP contribution in [-0.4, -0.2) is 33.8 Å². The summed E-state index contributed by atoms with van der Waals surface area (Å²) in [4.78, 5) is 15.0. The van der Waals surface area contributed by atoms with Crippen LogP contribution in [0, 0.1) is 0 Å². The van der Waals surface area contributed by atoms with E-state index in [0.29, 0.717) is 0 Å². The Morgan fingerprint density at radius 3 is 2.27 bits per heavy atom. The molecular weight excluding hydrogens is 152 g/mol. The molecule has 0 rings (SSSR count). The van der Waals surface area contributed by atoms with Gasteiger partial charge in [-0.2, -0.15) is 0 Å². The van der Waals surface area contributed by atoms with Crippen molar-refractivity contribution < 1.29 is 19.8 Å². The van der Waals surface area contributed by atoms with Crippen molar-refractivity contribution in [2.75, 3.05) is 6.61 Å². The molecule has 6 heteroatoms. The third kappa shape index (κ3) is 3.17. The second-order valence-electron chi connectivity index (χ2n) is 2.02.